The molecule has 2 saturated heterocycles. The maximum atomic E-state index is 12.8. The van der Waals surface area contributed by atoms with Crippen LogP contribution in [0.1, 0.15) is 20.3 Å². The van der Waals surface area contributed by atoms with E-state index < -0.39 is 0 Å². The van der Waals surface area contributed by atoms with Crippen molar-refractivity contribution < 1.29 is 23.8 Å². The molecule has 0 bridgehead atoms. The summed E-state index contributed by atoms with van der Waals surface area (Å²) in [5, 5.41) is 0. The molecule has 0 N–H and O–H groups in total. The van der Waals surface area contributed by atoms with Gasteiger partial charge in [0, 0.05) is 37.8 Å². The Bertz CT molecular complexity index is 697. The van der Waals surface area contributed by atoms with E-state index in [9.17, 15) is 9.59 Å². The predicted molar refractivity (Wildman–Crippen MR) is 89.6 cm³/mol. The number of carbonyl (C=O) groups is 2. The van der Waals surface area contributed by atoms with Crippen LogP contribution >= 0.6 is 0 Å². The molecule has 25 heavy (non-hydrogen) atoms. The Balaban J connectivity index is 1.47. The predicted octanol–water partition coefficient (Wildman–Crippen LogP) is 1.40. The molecule has 3 atom stereocenters. The van der Waals surface area contributed by atoms with Gasteiger partial charge in [-0.1, -0.05) is 0 Å². The largest absolute Gasteiger partial charge is 0.454 e. The SMILES string of the molecule is CC1CN(C(=O)C2CC(=O)N(c3ccc4c(c3)OCO4)C2)CC(C)O1. The molecular weight excluding hydrogens is 324 g/mol. The Morgan fingerprint density at radius 1 is 1.08 bits per heavy atom. The summed E-state index contributed by atoms with van der Waals surface area (Å²) in [4.78, 5) is 28.8. The van der Waals surface area contributed by atoms with Gasteiger partial charge in [-0.25, -0.2) is 0 Å². The van der Waals surface area contributed by atoms with Crippen LogP contribution in [0.4, 0.5) is 5.69 Å². The monoisotopic (exact) mass is 346 g/mol. The molecule has 7 nitrogen and oxygen atoms in total. The van der Waals surface area contributed by atoms with E-state index in [2.05, 4.69) is 0 Å². The summed E-state index contributed by atoms with van der Waals surface area (Å²) in [6.07, 6.45) is 0.289. The summed E-state index contributed by atoms with van der Waals surface area (Å²) in [6, 6.07) is 5.43. The molecule has 1 aromatic carbocycles. The molecule has 7 heteroatoms. The van der Waals surface area contributed by atoms with Crippen LogP contribution in [0.15, 0.2) is 18.2 Å². The maximum absolute atomic E-state index is 12.8. The number of amides is 2. The van der Waals surface area contributed by atoms with Gasteiger partial charge in [-0.15, -0.1) is 0 Å². The van der Waals surface area contributed by atoms with Gasteiger partial charge >= 0.3 is 0 Å². The minimum atomic E-state index is -0.310. The number of ether oxygens (including phenoxy) is 3. The Kier molecular flexibility index (Phi) is 4.03. The van der Waals surface area contributed by atoms with Crippen molar-refractivity contribution in [2.75, 3.05) is 31.3 Å². The highest BCUT2D eigenvalue weighted by Crippen LogP contribution is 2.37. The molecule has 4 rings (SSSR count). The lowest BCUT2D eigenvalue weighted by molar-refractivity contribution is -0.147. The van der Waals surface area contributed by atoms with E-state index in [1.165, 1.54) is 0 Å². The maximum Gasteiger partial charge on any atom is 0.231 e. The topological polar surface area (TPSA) is 68.3 Å². The molecule has 3 heterocycles. The van der Waals surface area contributed by atoms with Crippen LogP contribution in [0.2, 0.25) is 0 Å². The minimum Gasteiger partial charge on any atom is -0.454 e. The second-order valence-electron chi connectivity index (χ2n) is 6.94. The third-order valence-corrected chi connectivity index (χ3v) is 4.87. The average molecular weight is 346 g/mol. The number of benzene rings is 1. The van der Waals surface area contributed by atoms with E-state index in [4.69, 9.17) is 14.2 Å². The van der Waals surface area contributed by atoms with Crippen molar-refractivity contribution in [3.63, 3.8) is 0 Å². The molecule has 3 aliphatic heterocycles. The third-order valence-electron chi connectivity index (χ3n) is 4.87. The summed E-state index contributed by atoms with van der Waals surface area (Å²) in [5.41, 5.74) is 0.744. The van der Waals surface area contributed by atoms with E-state index in [1.807, 2.05) is 24.8 Å². The van der Waals surface area contributed by atoms with Gasteiger partial charge in [0.05, 0.1) is 18.1 Å². The first-order valence-corrected chi connectivity index (χ1v) is 8.65. The highest BCUT2D eigenvalue weighted by atomic mass is 16.7. The van der Waals surface area contributed by atoms with Gasteiger partial charge < -0.3 is 24.0 Å². The molecule has 134 valence electrons. The van der Waals surface area contributed by atoms with Crippen LogP contribution in [0.5, 0.6) is 11.5 Å². The summed E-state index contributed by atoms with van der Waals surface area (Å²) in [5.74, 6) is 1.01. The van der Waals surface area contributed by atoms with Crippen molar-refractivity contribution in [2.24, 2.45) is 5.92 Å². The van der Waals surface area contributed by atoms with Gasteiger partial charge in [0.2, 0.25) is 18.6 Å². The number of morpholine rings is 1. The van der Waals surface area contributed by atoms with E-state index in [1.54, 1.807) is 17.0 Å². The fourth-order valence-corrected chi connectivity index (χ4v) is 3.79. The molecule has 0 saturated carbocycles. The van der Waals surface area contributed by atoms with Crippen LogP contribution < -0.4 is 14.4 Å². The molecule has 2 fully saturated rings. The summed E-state index contributed by atoms with van der Waals surface area (Å²) < 4.78 is 16.4. The number of hydrogen-bond acceptors (Lipinski definition) is 5. The molecule has 3 unspecified atom stereocenters. The first-order valence-electron chi connectivity index (χ1n) is 8.65. The van der Waals surface area contributed by atoms with Gasteiger partial charge in [0.25, 0.3) is 0 Å². The minimum absolute atomic E-state index is 0.0229. The number of carbonyl (C=O) groups excluding carboxylic acids is 2. The molecule has 1 aromatic rings. The highest BCUT2D eigenvalue weighted by molar-refractivity contribution is 6.00. The third kappa shape index (κ3) is 3.04. The zero-order chi connectivity index (χ0) is 17.6. The molecular formula is C18H22N2O5. The number of hydrogen-bond donors (Lipinski definition) is 0. The zero-order valence-corrected chi connectivity index (χ0v) is 14.4. The van der Waals surface area contributed by atoms with E-state index in [0.29, 0.717) is 31.1 Å². The van der Waals surface area contributed by atoms with Crippen molar-refractivity contribution in [3.05, 3.63) is 18.2 Å². The summed E-state index contributed by atoms with van der Waals surface area (Å²) >= 11 is 0. The van der Waals surface area contributed by atoms with Crippen LogP contribution in [0, 0.1) is 5.92 Å². The fraction of sp³-hybridized carbons (Fsp3) is 0.556. The van der Waals surface area contributed by atoms with Gasteiger partial charge in [-0.05, 0) is 26.0 Å². The molecule has 0 spiro atoms. The summed E-state index contributed by atoms with van der Waals surface area (Å²) in [7, 11) is 0. The Morgan fingerprint density at radius 3 is 2.56 bits per heavy atom. The lowest BCUT2D eigenvalue weighted by Gasteiger charge is -2.36. The van der Waals surface area contributed by atoms with E-state index in [0.717, 1.165) is 5.69 Å². The quantitative estimate of drug-likeness (QED) is 0.810. The molecule has 3 aliphatic rings. The first kappa shape index (κ1) is 16.2. The van der Waals surface area contributed by atoms with Crippen LogP contribution in [0.3, 0.4) is 0 Å². The smallest absolute Gasteiger partial charge is 0.231 e. The van der Waals surface area contributed by atoms with Crippen LogP contribution in [-0.2, 0) is 14.3 Å². The summed E-state index contributed by atoms with van der Waals surface area (Å²) in [6.45, 7) is 5.69. The number of fused-ring (bicyclic) bond motifs is 1. The van der Waals surface area contributed by atoms with Gasteiger partial charge in [0.1, 0.15) is 0 Å². The fourth-order valence-electron chi connectivity index (χ4n) is 3.79. The Morgan fingerprint density at radius 2 is 1.80 bits per heavy atom. The Hall–Kier alpha value is -2.28. The second kappa shape index (κ2) is 6.22. The highest BCUT2D eigenvalue weighted by Gasteiger charge is 2.39. The normalized spacial score (nSPS) is 28.6. The molecule has 0 radical (unpaired) electrons. The Labute approximate surface area is 146 Å². The van der Waals surface area contributed by atoms with E-state index >= 15 is 0 Å². The van der Waals surface area contributed by atoms with Crippen molar-refractivity contribution in [2.45, 2.75) is 32.5 Å². The van der Waals surface area contributed by atoms with Gasteiger partial charge in [-0.3, -0.25) is 9.59 Å². The molecule has 2 amide bonds. The number of rotatable bonds is 2. The van der Waals surface area contributed by atoms with Gasteiger partial charge in [0.15, 0.2) is 11.5 Å². The molecule has 0 aromatic heterocycles. The standard InChI is InChI=1S/C18H22N2O5/c1-11-7-19(8-12(2)25-11)18(22)13-5-17(21)20(9-13)14-3-4-15-16(6-14)24-10-23-15/h3-4,6,11-13H,5,7-10H2,1-2H3. The zero-order valence-electron chi connectivity index (χ0n) is 14.4. The molecule has 0 aliphatic carbocycles. The lowest BCUT2D eigenvalue weighted by Crippen LogP contribution is -2.50. The van der Waals surface area contributed by atoms with Crippen LogP contribution in [0.25, 0.3) is 0 Å². The van der Waals surface area contributed by atoms with Crippen molar-refractivity contribution in [3.8, 4) is 11.5 Å². The second-order valence-corrected chi connectivity index (χ2v) is 6.94. The van der Waals surface area contributed by atoms with E-state index in [-0.39, 0.29) is 43.2 Å². The number of anilines is 1. The average Bonchev–Trinajstić information content (AvgIpc) is 3.18. The van der Waals surface area contributed by atoms with Crippen molar-refractivity contribution in [1.82, 2.24) is 4.90 Å². The van der Waals surface area contributed by atoms with Crippen molar-refractivity contribution in [1.29, 1.82) is 0 Å². The van der Waals surface area contributed by atoms with Crippen molar-refractivity contribution >= 4 is 17.5 Å². The lowest BCUT2D eigenvalue weighted by atomic mass is 10.1. The van der Waals surface area contributed by atoms with Crippen LogP contribution in [-0.4, -0.2) is 55.3 Å². The first-order chi connectivity index (χ1) is 12.0. The van der Waals surface area contributed by atoms with Gasteiger partial charge in [-0.2, -0.15) is 0 Å². The number of nitrogens with zero attached hydrogens (tertiary/aromatic N) is 2.